The first-order valence-electron chi connectivity index (χ1n) is 7.00. The van der Waals surface area contributed by atoms with Gasteiger partial charge in [0.25, 0.3) is 0 Å². The number of hydrogen-bond acceptors (Lipinski definition) is 1. The van der Waals surface area contributed by atoms with E-state index in [1.807, 2.05) is 0 Å². The van der Waals surface area contributed by atoms with Gasteiger partial charge in [-0.2, -0.15) is 0 Å². The highest BCUT2D eigenvalue weighted by Gasteiger charge is 2.27. The summed E-state index contributed by atoms with van der Waals surface area (Å²) in [6.45, 7) is 14.6. The maximum atomic E-state index is 5.83. The fraction of sp³-hybridized carbons (Fsp3) is 0.647. The van der Waals surface area contributed by atoms with Crippen LogP contribution in [0.25, 0.3) is 0 Å². The van der Waals surface area contributed by atoms with Crippen molar-refractivity contribution in [1.82, 2.24) is 0 Å². The molecule has 0 fully saturated rings. The van der Waals surface area contributed by atoms with Gasteiger partial charge in [0.1, 0.15) is 5.75 Å². The van der Waals surface area contributed by atoms with Crippen LogP contribution < -0.4 is 4.74 Å². The minimum Gasteiger partial charge on any atom is -0.493 e. The molecular weight excluding hydrogens is 220 g/mol. The number of fused-ring (bicyclic) bond motifs is 1. The van der Waals surface area contributed by atoms with Gasteiger partial charge in [-0.15, -0.1) is 0 Å². The standard InChI is InChI=1S/C17H26O/c1-16(2,3)13-10-12-8-7-9-18-15(12)11-14(13)17(4,5)6/h10-11H,7-9H2,1-6H3. The second-order valence-electron chi connectivity index (χ2n) is 7.46. The zero-order valence-corrected chi connectivity index (χ0v) is 12.7. The summed E-state index contributed by atoms with van der Waals surface area (Å²) >= 11 is 0. The van der Waals surface area contributed by atoms with Gasteiger partial charge in [0.05, 0.1) is 6.61 Å². The van der Waals surface area contributed by atoms with Crippen LogP contribution in [-0.4, -0.2) is 6.61 Å². The lowest BCUT2D eigenvalue weighted by atomic mass is 9.74. The van der Waals surface area contributed by atoms with Crippen molar-refractivity contribution in [1.29, 1.82) is 0 Å². The molecule has 0 unspecified atom stereocenters. The molecule has 1 aliphatic heterocycles. The SMILES string of the molecule is CC(C)(C)c1cc2c(cc1C(C)(C)C)OCCC2. The maximum absolute atomic E-state index is 5.83. The van der Waals surface area contributed by atoms with Gasteiger partial charge in [-0.3, -0.25) is 0 Å². The van der Waals surface area contributed by atoms with Gasteiger partial charge < -0.3 is 4.74 Å². The molecule has 18 heavy (non-hydrogen) atoms. The fourth-order valence-corrected chi connectivity index (χ4v) is 2.64. The summed E-state index contributed by atoms with van der Waals surface area (Å²) in [4.78, 5) is 0. The molecule has 0 spiro atoms. The summed E-state index contributed by atoms with van der Waals surface area (Å²) in [5.41, 5.74) is 4.64. The first-order chi connectivity index (χ1) is 8.19. The van der Waals surface area contributed by atoms with Crippen molar-refractivity contribution in [2.45, 2.75) is 65.2 Å². The molecule has 1 nitrogen and oxygen atoms in total. The highest BCUT2D eigenvalue weighted by Crippen LogP contribution is 2.39. The summed E-state index contributed by atoms with van der Waals surface area (Å²) in [5.74, 6) is 1.11. The smallest absolute Gasteiger partial charge is 0.122 e. The van der Waals surface area contributed by atoms with Crippen LogP contribution in [0.4, 0.5) is 0 Å². The first-order valence-corrected chi connectivity index (χ1v) is 7.00. The van der Waals surface area contributed by atoms with Crippen LogP contribution in [0.15, 0.2) is 12.1 Å². The molecule has 1 aromatic rings. The monoisotopic (exact) mass is 246 g/mol. The van der Waals surface area contributed by atoms with Crippen molar-refractivity contribution >= 4 is 0 Å². The molecule has 0 aromatic heterocycles. The maximum Gasteiger partial charge on any atom is 0.122 e. The molecule has 100 valence electrons. The average Bonchev–Trinajstić information content (AvgIpc) is 2.25. The molecule has 0 aliphatic carbocycles. The van der Waals surface area contributed by atoms with Gasteiger partial charge in [0.15, 0.2) is 0 Å². The molecule has 1 aliphatic rings. The van der Waals surface area contributed by atoms with Gasteiger partial charge in [-0.25, -0.2) is 0 Å². The number of hydrogen-bond donors (Lipinski definition) is 0. The Morgan fingerprint density at radius 2 is 1.44 bits per heavy atom. The van der Waals surface area contributed by atoms with E-state index < -0.39 is 0 Å². The first kappa shape index (κ1) is 13.5. The zero-order valence-electron chi connectivity index (χ0n) is 12.7. The van der Waals surface area contributed by atoms with Crippen LogP contribution in [-0.2, 0) is 17.3 Å². The Balaban J connectivity index is 2.63. The van der Waals surface area contributed by atoms with Crippen LogP contribution in [0.2, 0.25) is 0 Å². The highest BCUT2D eigenvalue weighted by atomic mass is 16.5. The lowest BCUT2D eigenvalue weighted by molar-refractivity contribution is 0.287. The third-order valence-corrected chi connectivity index (χ3v) is 3.66. The van der Waals surface area contributed by atoms with E-state index in [1.54, 1.807) is 0 Å². The van der Waals surface area contributed by atoms with Crippen molar-refractivity contribution in [3.63, 3.8) is 0 Å². The molecule has 1 aromatic carbocycles. The van der Waals surface area contributed by atoms with Gasteiger partial charge in [0.2, 0.25) is 0 Å². The summed E-state index contributed by atoms with van der Waals surface area (Å²) in [5, 5.41) is 0. The lowest BCUT2D eigenvalue weighted by Crippen LogP contribution is -2.23. The minimum absolute atomic E-state index is 0.165. The second-order valence-corrected chi connectivity index (χ2v) is 7.46. The van der Waals surface area contributed by atoms with Gasteiger partial charge in [-0.05, 0) is 46.4 Å². The Morgan fingerprint density at radius 3 is 2.00 bits per heavy atom. The normalized spacial score (nSPS) is 16.1. The Morgan fingerprint density at radius 1 is 0.889 bits per heavy atom. The van der Waals surface area contributed by atoms with E-state index in [2.05, 4.69) is 53.7 Å². The third kappa shape index (κ3) is 2.55. The number of aryl methyl sites for hydroxylation is 1. The van der Waals surface area contributed by atoms with Crippen LogP contribution in [0.3, 0.4) is 0 Å². The summed E-state index contributed by atoms with van der Waals surface area (Å²) < 4.78 is 5.83. The quantitative estimate of drug-likeness (QED) is 0.649. The van der Waals surface area contributed by atoms with E-state index >= 15 is 0 Å². The van der Waals surface area contributed by atoms with Crippen LogP contribution in [0, 0.1) is 0 Å². The molecule has 0 atom stereocenters. The zero-order chi connectivity index (χ0) is 13.6. The molecular formula is C17H26O. The molecule has 0 radical (unpaired) electrons. The molecule has 1 heteroatoms. The molecule has 0 bridgehead atoms. The van der Waals surface area contributed by atoms with Crippen LogP contribution >= 0.6 is 0 Å². The second kappa shape index (κ2) is 4.29. The van der Waals surface area contributed by atoms with Crippen molar-refractivity contribution in [3.05, 3.63) is 28.8 Å². The Hall–Kier alpha value is -0.980. The molecule has 1 heterocycles. The average molecular weight is 246 g/mol. The molecule has 0 N–H and O–H groups in total. The van der Waals surface area contributed by atoms with E-state index in [0.29, 0.717) is 0 Å². The summed E-state index contributed by atoms with van der Waals surface area (Å²) in [7, 11) is 0. The topological polar surface area (TPSA) is 9.23 Å². The predicted molar refractivity (Wildman–Crippen MR) is 77.7 cm³/mol. The third-order valence-electron chi connectivity index (χ3n) is 3.66. The number of rotatable bonds is 0. The predicted octanol–water partition coefficient (Wildman–Crippen LogP) is 4.61. The lowest BCUT2D eigenvalue weighted by Gasteiger charge is -2.32. The van der Waals surface area contributed by atoms with E-state index in [-0.39, 0.29) is 10.8 Å². The van der Waals surface area contributed by atoms with Crippen molar-refractivity contribution in [3.8, 4) is 5.75 Å². The molecule has 2 rings (SSSR count). The summed E-state index contributed by atoms with van der Waals surface area (Å²) in [6.07, 6.45) is 2.30. The van der Waals surface area contributed by atoms with Crippen molar-refractivity contribution < 1.29 is 4.74 Å². The molecule has 0 saturated carbocycles. The van der Waals surface area contributed by atoms with Gasteiger partial charge in [-0.1, -0.05) is 47.6 Å². The van der Waals surface area contributed by atoms with Crippen LogP contribution in [0.1, 0.15) is 64.7 Å². The number of ether oxygens (including phenoxy) is 1. The Kier molecular flexibility index (Phi) is 3.21. The molecule has 0 saturated heterocycles. The van der Waals surface area contributed by atoms with Gasteiger partial charge in [0, 0.05) is 0 Å². The number of benzene rings is 1. The van der Waals surface area contributed by atoms with Gasteiger partial charge >= 0.3 is 0 Å². The van der Waals surface area contributed by atoms with E-state index in [4.69, 9.17) is 4.74 Å². The van der Waals surface area contributed by atoms with Crippen molar-refractivity contribution in [2.24, 2.45) is 0 Å². The largest absolute Gasteiger partial charge is 0.493 e. The fourth-order valence-electron chi connectivity index (χ4n) is 2.64. The van der Waals surface area contributed by atoms with E-state index in [0.717, 1.165) is 25.2 Å². The van der Waals surface area contributed by atoms with Crippen molar-refractivity contribution in [2.75, 3.05) is 6.61 Å². The van der Waals surface area contributed by atoms with Crippen LogP contribution in [0.5, 0.6) is 5.75 Å². The molecule has 0 amide bonds. The highest BCUT2D eigenvalue weighted by molar-refractivity contribution is 5.48. The van der Waals surface area contributed by atoms with E-state index in [9.17, 15) is 0 Å². The minimum atomic E-state index is 0.165. The Labute approximate surface area is 112 Å². The van der Waals surface area contributed by atoms with E-state index in [1.165, 1.54) is 16.7 Å². The summed E-state index contributed by atoms with van der Waals surface area (Å²) in [6, 6.07) is 4.67. The Bertz CT molecular complexity index is 401.